The smallest absolute Gasteiger partial charge is 0.325 e. The Labute approximate surface area is 213 Å². The molecule has 2 aliphatic rings. The zero-order chi connectivity index (χ0) is 26.2. The summed E-state index contributed by atoms with van der Waals surface area (Å²) in [4.78, 5) is 27.9. The summed E-state index contributed by atoms with van der Waals surface area (Å²) in [5, 5.41) is 17.5. The van der Waals surface area contributed by atoms with Crippen molar-refractivity contribution in [2.24, 2.45) is 5.73 Å². The van der Waals surface area contributed by atoms with Gasteiger partial charge < -0.3 is 19.9 Å². The number of anilines is 1. The third kappa shape index (κ3) is 3.59. The maximum absolute atomic E-state index is 14.3. The van der Waals surface area contributed by atoms with Crippen LogP contribution in [0.25, 0.3) is 11.3 Å². The van der Waals surface area contributed by atoms with E-state index in [9.17, 15) is 14.9 Å². The summed E-state index contributed by atoms with van der Waals surface area (Å²) in [7, 11) is 1.25. The molecule has 3 aromatic rings. The van der Waals surface area contributed by atoms with Crippen molar-refractivity contribution in [2.75, 3.05) is 25.2 Å². The van der Waals surface area contributed by atoms with Crippen molar-refractivity contribution >= 4 is 17.6 Å². The number of methoxy groups -OCH3 is 1. The molecule has 188 valence electrons. The van der Waals surface area contributed by atoms with Gasteiger partial charge in [-0.15, -0.1) is 5.10 Å². The predicted octanol–water partition coefficient (Wildman–Crippen LogP) is 3.15. The van der Waals surface area contributed by atoms with Gasteiger partial charge in [-0.2, -0.15) is 5.26 Å². The molecular weight excluding hydrogens is 474 g/mol. The fraction of sp³-hybridized carbons (Fsp3) is 0.259. The zero-order valence-corrected chi connectivity index (χ0v) is 20.4. The number of nitrogens with one attached hydrogen (secondary N) is 1. The number of benzene rings is 2. The van der Waals surface area contributed by atoms with Crippen molar-refractivity contribution in [3.63, 3.8) is 0 Å². The number of ether oxygens (including phenoxy) is 3. The van der Waals surface area contributed by atoms with E-state index >= 15 is 0 Å². The average Bonchev–Trinajstić information content (AvgIpc) is 3.43. The lowest BCUT2D eigenvalue weighted by Crippen LogP contribution is -2.47. The van der Waals surface area contributed by atoms with Crippen LogP contribution in [0, 0.1) is 11.3 Å². The molecule has 0 radical (unpaired) electrons. The van der Waals surface area contributed by atoms with E-state index in [0.29, 0.717) is 40.4 Å². The molecule has 0 aliphatic carbocycles. The van der Waals surface area contributed by atoms with Crippen LogP contribution in [0.3, 0.4) is 0 Å². The quantitative estimate of drug-likeness (QED) is 0.373. The van der Waals surface area contributed by atoms with Gasteiger partial charge >= 0.3 is 5.97 Å². The fourth-order valence-electron chi connectivity index (χ4n) is 4.90. The lowest BCUT2D eigenvalue weighted by atomic mass is 9.68. The number of hydrogen-bond acceptors (Lipinski definition) is 8. The molecule has 0 saturated heterocycles. The van der Waals surface area contributed by atoms with Crippen LogP contribution in [-0.4, -0.2) is 42.3 Å². The molecule has 5 rings (SSSR count). The largest absolute Gasteiger partial charge is 0.494 e. The number of unbranched alkanes of at least 4 members (excludes halogenated alkanes) is 1. The fourth-order valence-corrected chi connectivity index (χ4v) is 4.90. The minimum absolute atomic E-state index is 0.0769. The third-order valence-electron chi connectivity index (χ3n) is 6.64. The van der Waals surface area contributed by atoms with E-state index in [1.807, 2.05) is 24.3 Å². The lowest BCUT2D eigenvalue weighted by Gasteiger charge is -2.32. The number of H-pyrrole nitrogens is 1. The molecule has 2 aliphatic heterocycles. The summed E-state index contributed by atoms with van der Waals surface area (Å²) >= 11 is 0. The van der Waals surface area contributed by atoms with Gasteiger partial charge in [0.05, 0.1) is 25.0 Å². The first kappa shape index (κ1) is 23.9. The molecule has 1 amide bonds. The molecule has 2 aromatic carbocycles. The Balaban J connectivity index is 1.70. The number of fused-ring (bicyclic) bond motifs is 4. The number of nitriles is 1. The summed E-state index contributed by atoms with van der Waals surface area (Å²) in [6.45, 7) is 2.38. The predicted molar refractivity (Wildman–Crippen MR) is 133 cm³/mol. The molecule has 0 saturated carbocycles. The topological polar surface area (TPSA) is 144 Å². The maximum atomic E-state index is 14.3. The standard InChI is InChI=1S/C27H25N5O5/c1-3-4-13-36-17-11-9-16(10-12-17)23-22-25(31-30-23)37-24(29)19(14-28)27(22)18-7-5-6-8-20(18)32(26(27)34)15-21(33)35-2/h5-12H,3-4,13,15,29H2,1-2H3,(H,30,31)/t27-/m0/s1. The summed E-state index contributed by atoms with van der Waals surface area (Å²) in [5.41, 5.74) is 6.93. The van der Waals surface area contributed by atoms with E-state index in [-0.39, 0.29) is 23.9 Å². The molecule has 0 unspecified atom stereocenters. The van der Waals surface area contributed by atoms with Crippen LogP contribution in [0.5, 0.6) is 11.6 Å². The van der Waals surface area contributed by atoms with Crippen LogP contribution < -0.4 is 20.1 Å². The van der Waals surface area contributed by atoms with Gasteiger partial charge in [0.2, 0.25) is 17.7 Å². The molecule has 3 N–H and O–H groups in total. The minimum Gasteiger partial charge on any atom is -0.494 e. The highest BCUT2D eigenvalue weighted by Crippen LogP contribution is 2.56. The molecule has 3 heterocycles. The molecule has 1 spiro atoms. The monoisotopic (exact) mass is 499 g/mol. The van der Waals surface area contributed by atoms with Crippen molar-refractivity contribution in [2.45, 2.75) is 25.2 Å². The SMILES string of the molecule is CCCCOc1ccc(-c2[nH]nc3c2[C@@]2(C(=O)N(CC(=O)OC)c4ccccc42)C(C#N)=C(N)O3)cc1. The Bertz CT molecular complexity index is 1450. The first-order valence-corrected chi connectivity index (χ1v) is 11.9. The van der Waals surface area contributed by atoms with Crippen LogP contribution in [-0.2, 0) is 19.7 Å². The van der Waals surface area contributed by atoms with Crippen molar-refractivity contribution in [1.82, 2.24) is 10.2 Å². The van der Waals surface area contributed by atoms with Gasteiger partial charge in [0.25, 0.3) is 0 Å². The molecule has 0 fully saturated rings. The minimum atomic E-state index is -1.67. The van der Waals surface area contributed by atoms with Gasteiger partial charge in [-0.1, -0.05) is 31.5 Å². The Morgan fingerprint density at radius 3 is 2.70 bits per heavy atom. The maximum Gasteiger partial charge on any atom is 0.325 e. The average molecular weight is 500 g/mol. The van der Waals surface area contributed by atoms with Gasteiger partial charge in [0.1, 0.15) is 29.4 Å². The third-order valence-corrected chi connectivity index (χ3v) is 6.64. The van der Waals surface area contributed by atoms with Crippen molar-refractivity contribution in [1.29, 1.82) is 5.26 Å². The molecule has 10 nitrogen and oxygen atoms in total. The highest BCUT2D eigenvalue weighted by Gasteiger charge is 2.61. The summed E-state index contributed by atoms with van der Waals surface area (Å²) in [6, 6.07) is 16.4. The number of aromatic amines is 1. The van der Waals surface area contributed by atoms with Crippen molar-refractivity contribution < 1.29 is 23.8 Å². The summed E-state index contributed by atoms with van der Waals surface area (Å²) in [6.07, 6.45) is 1.98. The summed E-state index contributed by atoms with van der Waals surface area (Å²) in [5.74, 6) is -0.557. The van der Waals surface area contributed by atoms with Crippen LogP contribution in [0.2, 0.25) is 0 Å². The number of amides is 1. The number of nitrogens with two attached hydrogens (primary N) is 1. The highest BCUT2D eigenvalue weighted by molar-refractivity contribution is 6.16. The number of rotatable bonds is 7. The Kier molecular flexibility index (Phi) is 6.05. The van der Waals surface area contributed by atoms with Gasteiger partial charge in [-0.25, -0.2) is 0 Å². The Morgan fingerprint density at radius 2 is 2.00 bits per heavy atom. The molecular formula is C27H25N5O5. The summed E-state index contributed by atoms with van der Waals surface area (Å²) < 4.78 is 16.3. The first-order chi connectivity index (χ1) is 18.0. The van der Waals surface area contributed by atoms with E-state index in [1.54, 1.807) is 24.3 Å². The first-order valence-electron chi connectivity index (χ1n) is 11.9. The lowest BCUT2D eigenvalue weighted by molar-refractivity contribution is -0.140. The van der Waals surface area contributed by atoms with Crippen LogP contribution in [0.15, 0.2) is 60.0 Å². The highest BCUT2D eigenvalue weighted by atomic mass is 16.5. The van der Waals surface area contributed by atoms with Crippen LogP contribution in [0.1, 0.15) is 30.9 Å². The van der Waals surface area contributed by atoms with Crippen molar-refractivity contribution in [3.8, 4) is 29.0 Å². The van der Waals surface area contributed by atoms with Gasteiger partial charge in [0.15, 0.2) is 0 Å². The van der Waals surface area contributed by atoms with E-state index in [0.717, 1.165) is 12.8 Å². The second kappa shape index (κ2) is 9.35. The number of esters is 1. The van der Waals surface area contributed by atoms with Gasteiger partial charge in [-0.05, 0) is 36.8 Å². The number of hydrogen-bond donors (Lipinski definition) is 2. The second-order valence-corrected chi connectivity index (χ2v) is 8.69. The second-order valence-electron chi connectivity index (χ2n) is 8.69. The number of carbonyl (C=O) groups is 2. The zero-order valence-electron chi connectivity index (χ0n) is 20.4. The molecule has 10 heteroatoms. The van der Waals surface area contributed by atoms with Crippen molar-refractivity contribution in [3.05, 3.63) is 71.1 Å². The molecule has 1 aromatic heterocycles. The number of aromatic nitrogens is 2. The Morgan fingerprint density at radius 1 is 1.24 bits per heavy atom. The molecule has 1 atom stereocenters. The molecule has 0 bridgehead atoms. The van der Waals surface area contributed by atoms with Crippen LogP contribution >= 0.6 is 0 Å². The molecule has 37 heavy (non-hydrogen) atoms. The number of para-hydroxylation sites is 1. The number of nitrogens with zero attached hydrogens (tertiary/aromatic N) is 3. The van der Waals surface area contributed by atoms with E-state index in [2.05, 4.69) is 23.2 Å². The number of carbonyl (C=O) groups excluding carboxylic acids is 2. The van der Waals surface area contributed by atoms with Crippen LogP contribution in [0.4, 0.5) is 5.69 Å². The van der Waals surface area contributed by atoms with E-state index in [1.165, 1.54) is 12.0 Å². The van der Waals surface area contributed by atoms with Gasteiger partial charge in [0, 0.05) is 16.8 Å². The van der Waals surface area contributed by atoms with Gasteiger partial charge in [-0.3, -0.25) is 19.6 Å². The normalized spacial score (nSPS) is 17.8. The Hall–Kier alpha value is -4.78. The van der Waals surface area contributed by atoms with E-state index in [4.69, 9.17) is 19.9 Å². The van der Waals surface area contributed by atoms with E-state index < -0.39 is 17.3 Å².